The first kappa shape index (κ1) is 11.3. The zero-order valence-corrected chi connectivity index (χ0v) is 9.67. The largest absolute Gasteiger partial charge is 0.508 e. The smallest absolute Gasteiger partial charge is 0.303 e. The van der Waals surface area contributed by atoms with Crippen LogP contribution in [0.25, 0.3) is 0 Å². The Kier molecular flexibility index (Phi) is 3.39. The SMILES string of the molecule is O=C(O)CC1CCSc2ccc(O)cc2C1. The molecule has 0 saturated carbocycles. The molecule has 86 valence electrons. The summed E-state index contributed by atoms with van der Waals surface area (Å²) in [5, 5.41) is 18.2. The third-order valence-electron chi connectivity index (χ3n) is 2.80. The highest BCUT2D eigenvalue weighted by atomic mass is 32.2. The van der Waals surface area contributed by atoms with Gasteiger partial charge in [0.05, 0.1) is 0 Å². The molecule has 4 heteroatoms. The lowest BCUT2D eigenvalue weighted by Crippen LogP contribution is -2.10. The monoisotopic (exact) mass is 238 g/mol. The van der Waals surface area contributed by atoms with Gasteiger partial charge in [-0.1, -0.05) is 0 Å². The summed E-state index contributed by atoms with van der Waals surface area (Å²) >= 11 is 1.75. The molecule has 2 rings (SSSR count). The number of carboxylic acid groups (broad SMARTS) is 1. The highest BCUT2D eigenvalue weighted by molar-refractivity contribution is 7.99. The molecule has 0 spiro atoms. The number of thioether (sulfide) groups is 1. The second kappa shape index (κ2) is 4.78. The van der Waals surface area contributed by atoms with Gasteiger partial charge >= 0.3 is 5.97 Å². The number of hydrogen-bond donors (Lipinski definition) is 2. The summed E-state index contributed by atoms with van der Waals surface area (Å²) in [5.74, 6) is 0.664. The predicted molar refractivity (Wildman–Crippen MR) is 62.9 cm³/mol. The van der Waals surface area contributed by atoms with Gasteiger partial charge in [-0.05, 0) is 48.3 Å². The van der Waals surface area contributed by atoms with E-state index < -0.39 is 5.97 Å². The van der Waals surface area contributed by atoms with Crippen molar-refractivity contribution in [2.75, 3.05) is 5.75 Å². The topological polar surface area (TPSA) is 57.5 Å². The maximum Gasteiger partial charge on any atom is 0.303 e. The lowest BCUT2D eigenvalue weighted by atomic mass is 9.94. The quantitative estimate of drug-likeness (QED) is 0.831. The van der Waals surface area contributed by atoms with Gasteiger partial charge in [0.25, 0.3) is 0 Å². The molecule has 1 unspecified atom stereocenters. The highest BCUT2D eigenvalue weighted by Crippen LogP contribution is 2.34. The van der Waals surface area contributed by atoms with Crippen molar-refractivity contribution in [3.8, 4) is 5.75 Å². The Balaban J connectivity index is 2.19. The minimum atomic E-state index is -0.737. The molecule has 1 heterocycles. The number of fused-ring (bicyclic) bond motifs is 1. The molecule has 16 heavy (non-hydrogen) atoms. The van der Waals surface area contributed by atoms with Gasteiger partial charge in [0.2, 0.25) is 0 Å². The maximum atomic E-state index is 10.7. The molecule has 1 aromatic carbocycles. The fraction of sp³-hybridized carbons (Fsp3) is 0.417. The van der Waals surface area contributed by atoms with E-state index in [1.54, 1.807) is 23.9 Å². The molecule has 1 aliphatic heterocycles. The van der Waals surface area contributed by atoms with E-state index in [9.17, 15) is 9.90 Å². The van der Waals surface area contributed by atoms with E-state index in [0.717, 1.165) is 24.2 Å². The van der Waals surface area contributed by atoms with E-state index in [-0.39, 0.29) is 18.1 Å². The van der Waals surface area contributed by atoms with Gasteiger partial charge in [-0.2, -0.15) is 0 Å². The van der Waals surface area contributed by atoms with Crippen molar-refractivity contribution in [3.05, 3.63) is 23.8 Å². The van der Waals surface area contributed by atoms with Crippen LogP contribution in [0.2, 0.25) is 0 Å². The van der Waals surface area contributed by atoms with Gasteiger partial charge in [0, 0.05) is 11.3 Å². The van der Waals surface area contributed by atoms with Crippen molar-refractivity contribution in [2.45, 2.75) is 24.2 Å². The number of aromatic hydroxyl groups is 1. The molecule has 0 radical (unpaired) electrons. The number of aliphatic carboxylic acids is 1. The van der Waals surface area contributed by atoms with Crippen molar-refractivity contribution >= 4 is 17.7 Å². The van der Waals surface area contributed by atoms with Gasteiger partial charge in [0.15, 0.2) is 0 Å². The average Bonchev–Trinajstić information content (AvgIpc) is 2.37. The van der Waals surface area contributed by atoms with Crippen molar-refractivity contribution < 1.29 is 15.0 Å². The summed E-state index contributed by atoms with van der Waals surface area (Å²) in [6.07, 6.45) is 1.89. The number of carboxylic acids is 1. The van der Waals surface area contributed by atoms with Gasteiger partial charge < -0.3 is 10.2 Å². The fourth-order valence-electron chi connectivity index (χ4n) is 2.04. The van der Waals surface area contributed by atoms with Crippen LogP contribution in [0, 0.1) is 5.92 Å². The van der Waals surface area contributed by atoms with Crippen LogP contribution in [0.3, 0.4) is 0 Å². The Morgan fingerprint density at radius 2 is 2.31 bits per heavy atom. The molecule has 0 fully saturated rings. The first-order chi connectivity index (χ1) is 7.65. The first-order valence-electron chi connectivity index (χ1n) is 5.31. The van der Waals surface area contributed by atoms with E-state index in [1.165, 1.54) is 4.90 Å². The molecule has 1 aromatic rings. The molecule has 3 nitrogen and oxygen atoms in total. The van der Waals surface area contributed by atoms with Crippen molar-refractivity contribution in [3.63, 3.8) is 0 Å². The summed E-state index contributed by atoms with van der Waals surface area (Å²) in [6, 6.07) is 5.35. The fourth-order valence-corrected chi connectivity index (χ4v) is 3.20. The lowest BCUT2D eigenvalue weighted by Gasteiger charge is -2.11. The van der Waals surface area contributed by atoms with Crippen molar-refractivity contribution in [1.29, 1.82) is 0 Å². The van der Waals surface area contributed by atoms with Crippen LogP contribution in [0.4, 0.5) is 0 Å². The third-order valence-corrected chi connectivity index (χ3v) is 3.95. The zero-order chi connectivity index (χ0) is 11.5. The minimum absolute atomic E-state index is 0.188. The Bertz CT molecular complexity index is 403. The number of phenols is 1. The van der Waals surface area contributed by atoms with Crippen LogP contribution in [0.5, 0.6) is 5.75 Å². The third kappa shape index (κ3) is 2.70. The summed E-state index contributed by atoms with van der Waals surface area (Å²) in [7, 11) is 0. The van der Waals surface area contributed by atoms with E-state index in [1.807, 2.05) is 6.07 Å². The summed E-state index contributed by atoms with van der Waals surface area (Å²) in [5.41, 5.74) is 1.08. The molecule has 0 aromatic heterocycles. The van der Waals surface area contributed by atoms with Crippen LogP contribution in [-0.4, -0.2) is 21.9 Å². The Morgan fingerprint density at radius 1 is 1.50 bits per heavy atom. The number of hydrogen-bond acceptors (Lipinski definition) is 3. The molecule has 0 amide bonds. The van der Waals surface area contributed by atoms with Crippen molar-refractivity contribution in [2.24, 2.45) is 5.92 Å². The van der Waals surface area contributed by atoms with Crippen LogP contribution >= 0.6 is 11.8 Å². The van der Waals surface area contributed by atoms with Crippen LogP contribution in [0.15, 0.2) is 23.1 Å². The second-order valence-corrected chi connectivity index (χ2v) is 5.23. The van der Waals surface area contributed by atoms with Crippen molar-refractivity contribution in [1.82, 2.24) is 0 Å². The van der Waals surface area contributed by atoms with E-state index in [4.69, 9.17) is 5.11 Å². The van der Waals surface area contributed by atoms with E-state index in [0.29, 0.717) is 0 Å². The molecule has 0 saturated heterocycles. The molecule has 1 aliphatic rings. The molecule has 2 N–H and O–H groups in total. The molecule has 0 bridgehead atoms. The minimum Gasteiger partial charge on any atom is -0.508 e. The molecular formula is C12H14O3S. The number of benzene rings is 1. The summed E-state index contributed by atoms with van der Waals surface area (Å²) in [6.45, 7) is 0. The van der Waals surface area contributed by atoms with E-state index in [2.05, 4.69) is 0 Å². The summed E-state index contributed by atoms with van der Waals surface area (Å²) < 4.78 is 0. The zero-order valence-electron chi connectivity index (χ0n) is 8.85. The standard InChI is InChI=1S/C12H14O3S/c13-10-1-2-11-9(7-10)5-8(3-4-16-11)6-12(14)15/h1-2,7-8,13H,3-6H2,(H,14,15). The maximum absolute atomic E-state index is 10.7. The van der Waals surface area contributed by atoms with Crippen LogP contribution in [0.1, 0.15) is 18.4 Å². The summed E-state index contributed by atoms with van der Waals surface area (Å²) in [4.78, 5) is 11.9. The molecule has 0 aliphatic carbocycles. The van der Waals surface area contributed by atoms with Crippen LogP contribution in [-0.2, 0) is 11.2 Å². The van der Waals surface area contributed by atoms with Gasteiger partial charge in [-0.25, -0.2) is 0 Å². The van der Waals surface area contributed by atoms with Crippen LogP contribution < -0.4 is 0 Å². The normalized spacial score (nSPS) is 19.9. The highest BCUT2D eigenvalue weighted by Gasteiger charge is 2.19. The first-order valence-corrected chi connectivity index (χ1v) is 6.30. The number of carbonyl (C=O) groups is 1. The number of phenolic OH excluding ortho intramolecular Hbond substituents is 1. The van der Waals surface area contributed by atoms with Gasteiger partial charge in [-0.3, -0.25) is 4.79 Å². The second-order valence-electron chi connectivity index (χ2n) is 4.10. The Hall–Kier alpha value is -1.16. The average molecular weight is 238 g/mol. The Labute approximate surface area is 98.5 Å². The molecule has 1 atom stereocenters. The predicted octanol–water partition coefficient (Wildman–Crippen LogP) is 2.52. The molecular weight excluding hydrogens is 224 g/mol. The lowest BCUT2D eigenvalue weighted by molar-refractivity contribution is -0.138. The van der Waals surface area contributed by atoms with Gasteiger partial charge in [0.1, 0.15) is 5.75 Å². The van der Waals surface area contributed by atoms with E-state index >= 15 is 0 Å². The van der Waals surface area contributed by atoms with Gasteiger partial charge in [-0.15, -0.1) is 11.8 Å². The number of rotatable bonds is 2. The Morgan fingerprint density at radius 3 is 3.06 bits per heavy atom.